The summed E-state index contributed by atoms with van der Waals surface area (Å²) in [5.74, 6) is 0.0295. The van der Waals surface area contributed by atoms with Crippen LogP contribution in [0.1, 0.15) is 30.1 Å². The fourth-order valence-electron chi connectivity index (χ4n) is 4.00. The fourth-order valence-corrected chi connectivity index (χ4v) is 4.00. The van der Waals surface area contributed by atoms with Crippen LogP contribution in [0, 0.1) is 0 Å². The SMILES string of the molecule is CCCCNC(=O)CN1CCN(C(=O)c2cn(-c3ccccc3)nc2-c2ccccc2)CC1. The van der Waals surface area contributed by atoms with E-state index in [4.69, 9.17) is 5.10 Å². The quantitative estimate of drug-likeness (QED) is 0.541. The third-order valence-corrected chi connectivity index (χ3v) is 5.89. The molecule has 33 heavy (non-hydrogen) atoms. The number of aromatic nitrogens is 2. The predicted octanol–water partition coefficient (Wildman–Crippen LogP) is 3.21. The molecule has 1 aliphatic heterocycles. The zero-order valence-electron chi connectivity index (χ0n) is 19.1. The minimum absolute atomic E-state index is 0.0249. The van der Waals surface area contributed by atoms with Crippen LogP contribution in [-0.4, -0.2) is 70.7 Å². The monoisotopic (exact) mass is 445 g/mol. The molecule has 2 amide bonds. The standard InChI is InChI=1S/C26H31N5O2/c1-2-3-14-27-24(32)20-29-15-17-30(18-16-29)26(33)23-19-31(22-12-8-5-9-13-22)28-25(23)21-10-6-4-7-11-21/h4-13,19H,2-3,14-18,20H2,1H3,(H,27,32). The van der Waals surface area contributed by atoms with E-state index in [-0.39, 0.29) is 11.8 Å². The average molecular weight is 446 g/mol. The van der Waals surface area contributed by atoms with Crippen LogP contribution in [0.2, 0.25) is 0 Å². The number of hydrogen-bond donors (Lipinski definition) is 1. The second-order valence-corrected chi connectivity index (χ2v) is 8.31. The maximum Gasteiger partial charge on any atom is 0.257 e. The summed E-state index contributed by atoms with van der Waals surface area (Å²) >= 11 is 0. The highest BCUT2D eigenvalue weighted by Crippen LogP contribution is 2.25. The first-order valence-electron chi connectivity index (χ1n) is 11.6. The second-order valence-electron chi connectivity index (χ2n) is 8.31. The second kappa shape index (κ2) is 10.9. The van der Waals surface area contributed by atoms with Gasteiger partial charge in [-0.3, -0.25) is 14.5 Å². The number of carbonyl (C=O) groups excluding carboxylic acids is 2. The number of nitrogens with zero attached hydrogens (tertiary/aromatic N) is 4. The molecule has 2 aromatic carbocycles. The molecule has 1 aliphatic rings. The number of para-hydroxylation sites is 1. The molecule has 7 heteroatoms. The number of piperazine rings is 1. The van der Waals surface area contributed by atoms with Crippen molar-refractivity contribution < 1.29 is 9.59 Å². The molecule has 1 N–H and O–H groups in total. The third kappa shape index (κ3) is 5.68. The Hall–Kier alpha value is -3.45. The molecule has 0 bridgehead atoms. The summed E-state index contributed by atoms with van der Waals surface area (Å²) in [6.07, 6.45) is 3.88. The molecule has 1 aromatic heterocycles. The lowest BCUT2D eigenvalue weighted by molar-refractivity contribution is -0.122. The Morgan fingerprint density at radius 1 is 0.939 bits per heavy atom. The van der Waals surface area contributed by atoms with Gasteiger partial charge in [0.15, 0.2) is 0 Å². The molecule has 1 saturated heterocycles. The molecule has 7 nitrogen and oxygen atoms in total. The van der Waals surface area contributed by atoms with E-state index in [1.165, 1.54) is 0 Å². The highest BCUT2D eigenvalue weighted by atomic mass is 16.2. The smallest absolute Gasteiger partial charge is 0.257 e. The molecule has 4 rings (SSSR count). The van der Waals surface area contributed by atoms with Crippen molar-refractivity contribution in [3.63, 3.8) is 0 Å². The summed E-state index contributed by atoms with van der Waals surface area (Å²) < 4.78 is 1.77. The number of hydrogen-bond acceptors (Lipinski definition) is 4. The van der Waals surface area contributed by atoms with Crippen molar-refractivity contribution in [2.45, 2.75) is 19.8 Å². The first-order valence-corrected chi connectivity index (χ1v) is 11.6. The van der Waals surface area contributed by atoms with Crippen LogP contribution in [0.25, 0.3) is 16.9 Å². The van der Waals surface area contributed by atoms with E-state index in [9.17, 15) is 9.59 Å². The summed E-state index contributed by atoms with van der Waals surface area (Å²) in [6.45, 7) is 5.75. The Morgan fingerprint density at radius 2 is 1.61 bits per heavy atom. The molecule has 1 fully saturated rings. The predicted molar refractivity (Wildman–Crippen MR) is 129 cm³/mol. The summed E-state index contributed by atoms with van der Waals surface area (Å²) in [4.78, 5) is 29.6. The van der Waals surface area contributed by atoms with Crippen molar-refractivity contribution in [1.82, 2.24) is 24.9 Å². The number of carbonyl (C=O) groups is 2. The van der Waals surface area contributed by atoms with Crippen LogP contribution in [-0.2, 0) is 4.79 Å². The summed E-state index contributed by atoms with van der Waals surface area (Å²) in [6, 6.07) is 19.6. The van der Waals surface area contributed by atoms with Crippen LogP contribution in [0.15, 0.2) is 66.9 Å². The largest absolute Gasteiger partial charge is 0.355 e. The average Bonchev–Trinajstić information content (AvgIpc) is 3.31. The lowest BCUT2D eigenvalue weighted by Crippen LogP contribution is -2.51. The summed E-state index contributed by atoms with van der Waals surface area (Å²) in [5.41, 5.74) is 3.10. The fraction of sp³-hybridized carbons (Fsp3) is 0.346. The van der Waals surface area contributed by atoms with Gasteiger partial charge in [0, 0.05) is 44.5 Å². The van der Waals surface area contributed by atoms with E-state index in [1.54, 1.807) is 4.68 Å². The van der Waals surface area contributed by atoms with Crippen LogP contribution in [0.4, 0.5) is 0 Å². The van der Waals surface area contributed by atoms with Gasteiger partial charge >= 0.3 is 0 Å². The number of rotatable bonds is 8. The molecular weight excluding hydrogens is 414 g/mol. The number of amides is 2. The lowest BCUT2D eigenvalue weighted by Gasteiger charge is -2.34. The lowest BCUT2D eigenvalue weighted by atomic mass is 10.1. The molecule has 172 valence electrons. The van der Waals surface area contributed by atoms with E-state index in [0.717, 1.165) is 30.6 Å². The number of unbranched alkanes of at least 4 members (excludes halogenated alkanes) is 1. The Balaban J connectivity index is 1.47. The van der Waals surface area contributed by atoms with Gasteiger partial charge in [0.1, 0.15) is 5.69 Å². The Bertz CT molecular complexity index is 1060. The molecule has 3 aromatic rings. The van der Waals surface area contributed by atoms with E-state index >= 15 is 0 Å². The minimum atomic E-state index is -0.0249. The number of nitrogens with one attached hydrogen (secondary N) is 1. The van der Waals surface area contributed by atoms with E-state index in [1.807, 2.05) is 71.8 Å². The summed E-state index contributed by atoms with van der Waals surface area (Å²) in [5, 5.41) is 7.72. The van der Waals surface area contributed by atoms with Gasteiger partial charge in [0.2, 0.25) is 5.91 Å². The molecule has 0 saturated carbocycles. The summed E-state index contributed by atoms with van der Waals surface area (Å²) in [7, 11) is 0. The normalized spacial score (nSPS) is 14.3. The van der Waals surface area contributed by atoms with Crippen LogP contribution in [0.3, 0.4) is 0 Å². The zero-order chi connectivity index (χ0) is 23.0. The van der Waals surface area contributed by atoms with Gasteiger partial charge in [-0.2, -0.15) is 5.10 Å². The highest BCUT2D eigenvalue weighted by molar-refractivity contribution is 6.00. The van der Waals surface area contributed by atoms with Crippen LogP contribution in [0.5, 0.6) is 0 Å². The van der Waals surface area contributed by atoms with Gasteiger partial charge in [-0.05, 0) is 18.6 Å². The van der Waals surface area contributed by atoms with Gasteiger partial charge in [-0.1, -0.05) is 61.9 Å². The van der Waals surface area contributed by atoms with E-state index in [0.29, 0.717) is 44.0 Å². The van der Waals surface area contributed by atoms with Crippen molar-refractivity contribution in [1.29, 1.82) is 0 Å². The van der Waals surface area contributed by atoms with Crippen molar-refractivity contribution in [2.24, 2.45) is 0 Å². The Morgan fingerprint density at radius 3 is 2.27 bits per heavy atom. The van der Waals surface area contributed by atoms with Crippen molar-refractivity contribution in [3.8, 4) is 16.9 Å². The van der Waals surface area contributed by atoms with Crippen LogP contribution >= 0.6 is 0 Å². The minimum Gasteiger partial charge on any atom is -0.355 e. The van der Waals surface area contributed by atoms with Crippen molar-refractivity contribution in [2.75, 3.05) is 39.3 Å². The topological polar surface area (TPSA) is 70.5 Å². The number of benzene rings is 2. The molecule has 2 heterocycles. The molecule has 0 atom stereocenters. The van der Waals surface area contributed by atoms with Gasteiger partial charge < -0.3 is 10.2 Å². The van der Waals surface area contributed by atoms with Gasteiger partial charge in [0.05, 0.1) is 17.8 Å². The van der Waals surface area contributed by atoms with Crippen LogP contribution < -0.4 is 5.32 Å². The van der Waals surface area contributed by atoms with Crippen molar-refractivity contribution >= 4 is 11.8 Å². The zero-order valence-corrected chi connectivity index (χ0v) is 19.1. The van der Waals surface area contributed by atoms with Gasteiger partial charge in [-0.25, -0.2) is 4.68 Å². The van der Waals surface area contributed by atoms with Gasteiger partial charge in [0.25, 0.3) is 5.91 Å². The third-order valence-electron chi connectivity index (χ3n) is 5.89. The molecule has 0 spiro atoms. The van der Waals surface area contributed by atoms with Crippen molar-refractivity contribution in [3.05, 3.63) is 72.4 Å². The Kier molecular flexibility index (Phi) is 7.52. The maximum atomic E-state index is 13.5. The molecule has 0 unspecified atom stereocenters. The first-order chi connectivity index (χ1) is 16.2. The Labute approximate surface area is 195 Å². The first kappa shape index (κ1) is 22.7. The molecule has 0 radical (unpaired) electrons. The molecular formula is C26H31N5O2. The maximum absolute atomic E-state index is 13.5. The highest BCUT2D eigenvalue weighted by Gasteiger charge is 2.27. The molecule has 0 aliphatic carbocycles. The van der Waals surface area contributed by atoms with E-state index in [2.05, 4.69) is 17.1 Å². The van der Waals surface area contributed by atoms with Gasteiger partial charge in [-0.15, -0.1) is 0 Å². The van der Waals surface area contributed by atoms with E-state index < -0.39 is 0 Å².